The summed E-state index contributed by atoms with van der Waals surface area (Å²) in [5.41, 5.74) is 0.0651. The van der Waals surface area contributed by atoms with Gasteiger partial charge in [0.1, 0.15) is 0 Å². The van der Waals surface area contributed by atoms with Gasteiger partial charge in [-0.1, -0.05) is 18.2 Å². The molecule has 1 aromatic carbocycles. The third-order valence-corrected chi connectivity index (χ3v) is 4.42. The fraction of sp³-hybridized carbons (Fsp3) is 0.412. The maximum absolute atomic E-state index is 12.2. The van der Waals surface area contributed by atoms with Crippen LogP contribution in [0.25, 0.3) is 10.1 Å². The third-order valence-electron chi connectivity index (χ3n) is 3.41. The Kier molecular flexibility index (Phi) is 4.86. The van der Waals surface area contributed by atoms with Crippen LogP contribution >= 0.6 is 11.3 Å². The number of carbonyl (C=O) groups excluding carboxylic acids is 2. The van der Waals surface area contributed by atoms with Crippen molar-refractivity contribution < 1.29 is 14.3 Å². The quantitative estimate of drug-likeness (QED) is 0.860. The van der Waals surface area contributed by atoms with Crippen molar-refractivity contribution in [2.45, 2.75) is 45.8 Å². The highest BCUT2D eigenvalue weighted by atomic mass is 32.1. The molecule has 2 rings (SSSR count). The summed E-state index contributed by atoms with van der Waals surface area (Å²) in [6.07, 6.45) is 0.742. The number of nitrogens with one attached hydrogen (secondary N) is 1. The maximum atomic E-state index is 12.2. The van der Waals surface area contributed by atoms with Crippen molar-refractivity contribution in [3.8, 4) is 0 Å². The molecule has 5 heteroatoms. The van der Waals surface area contributed by atoms with Crippen molar-refractivity contribution in [1.29, 1.82) is 0 Å². The lowest BCUT2D eigenvalue weighted by Gasteiger charge is -2.25. The standard InChI is InChI=1S/C17H21NO3S/c1-11(18-16(20)17(3,4)21-12(2)19)9-13-10-22-15-8-6-5-7-14(13)15/h5-8,10-11H,9H2,1-4H3,(H,18,20). The minimum Gasteiger partial charge on any atom is -0.450 e. The normalized spacial score (nSPS) is 12.9. The SMILES string of the molecule is CC(=O)OC(C)(C)C(=O)NC(C)Cc1csc2ccccc12. The van der Waals surface area contributed by atoms with Gasteiger partial charge in [0.2, 0.25) is 0 Å². The first-order valence-corrected chi connectivity index (χ1v) is 8.13. The first-order valence-electron chi connectivity index (χ1n) is 7.25. The van der Waals surface area contributed by atoms with Gasteiger partial charge in [0.15, 0.2) is 5.60 Å². The number of amides is 1. The largest absolute Gasteiger partial charge is 0.450 e. The van der Waals surface area contributed by atoms with Crippen LogP contribution in [-0.2, 0) is 20.7 Å². The lowest BCUT2D eigenvalue weighted by atomic mass is 10.0. The maximum Gasteiger partial charge on any atom is 0.303 e. The highest BCUT2D eigenvalue weighted by Crippen LogP contribution is 2.26. The predicted octanol–water partition coefficient (Wildman–Crippen LogP) is 3.29. The number of carbonyl (C=O) groups is 2. The van der Waals surface area contributed by atoms with E-state index >= 15 is 0 Å². The molecule has 1 unspecified atom stereocenters. The first kappa shape index (κ1) is 16.5. The van der Waals surface area contributed by atoms with E-state index < -0.39 is 11.6 Å². The molecule has 1 aromatic heterocycles. The minimum atomic E-state index is -1.16. The first-order chi connectivity index (χ1) is 10.3. The summed E-state index contributed by atoms with van der Waals surface area (Å²) in [5.74, 6) is -0.744. The Morgan fingerprint density at radius 1 is 1.32 bits per heavy atom. The second kappa shape index (κ2) is 6.48. The van der Waals surface area contributed by atoms with Crippen LogP contribution in [0.3, 0.4) is 0 Å². The Morgan fingerprint density at radius 3 is 2.68 bits per heavy atom. The van der Waals surface area contributed by atoms with Crippen molar-refractivity contribution in [1.82, 2.24) is 5.32 Å². The van der Waals surface area contributed by atoms with Gasteiger partial charge in [-0.25, -0.2) is 0 Å². The van der Waals surface area contributed by atoms with E-state index in [4.69, 9.17) is 4.74 Å². The summed E-state index contributed by atoms with van der Waals surface area (Å²) in [5, 5.41) is 6.28. The van der Waals surface area contributed by atoms with E-state index in [2.05, 4.69) is 22.8 Å². The van der Waals surface area contributed by atoms with Gasteiger partial charge >= 0.3 is 5.97 Å². The van der Waals surface area contributed by atoms with E-state index in [1.165, 1.54) is 22.6 Å². The van der Waals surface area contributed by atoms with Crippen molar-refractivity contribution in [2.75, 3.05) is 0 Å². The number of ether oxygens (including phenoxy) is 1. The molecule has 4 nitrogen and oxygen atoms in total. The lowest BCUT2D eigenvalue weighted by Crippen LogP contribution is -2.48. The van der Waals surface area contributed by atoms with Crippen molar-refractivity contribution >= 4 is 33.3 Å². The monoisotopic (exact) mass is 319 g/mol. The highest BCUT2D eigenvalue weighted by molar-refractivity contribution is 7.17. The van der Waals surface area contributed by atoms with Crippen molar-refractivity contribution in [3.05, 3.63) is 35.2 Å². The zero-order chi connectivity index (χ0) is 16.3. The second-order valence-corrected chi connectivity index (χ2v) is 6.85. The van der Waals surface area contributed by atoms with Gasteiger partial charge < -0.3 is 10.1 Å². The summed E-state index contributed by atoms with van der Waals surface area (Å²) in [6.45, 7) is 6.44. The van der Waals surface area contributed by atoms with Crippen LogP contribution in [0, 0.1) is 0 Å². The van der Waals surface area contributed by atoms with Gasteiger partial charge in [0.25, 0.3) is 5.91 Å². The molecule has 0 bridgehead atoms. The minimum absolute atomic E-state index is 0.0414. The lowest BCUT2D eigenvalue weighted by molar-refractivity contribution is -0.163. The molecular formula is C17H21NO3S. The summed E-state index contributed by atoms with van der Waals surface area (Å²) in [6, 6.07) is 8.19. The van der Waals surface area contributed by atoms with Gasteiger partial charge in [-0.3, -0.25) is 9.59 Å². The second-order valence-electron chi connectivity index (χ2n) is 5.94. The summed E-state index contributed by atoms with van der Waals surface area (Å²) < 4.78 is 6.30. The zero-order valence-corrected chi connectivity index (χ0v) is 14.1. The molecule has 0 saturated carbocycles. The summed E-state index contributed by atoms with van der Waals surface area (Å²) in [7, 11) is 0. The molecule has 0 aliphatic rings. The Labute approximate surface area is 134 Å². The molecule has 118 valence electrons. The van der Waals surface area contributed by atoms with Crippen LogP contribution in [0.1, 0.15) is 33.3 Å². The number of hydrogen-bond donors (Lipinski definition) is 1. The van der Waals surface area contributed by atoms with Crippen LogP contribution in [0.5, 0.6) is 0 Å². The van der Waals surface area contributed by atoms with E-state index in [0.29, 0.717) is 0 Å². The molecule has 1 amide bonds. The Balaban J connectivity index is 2.02. The molecule has 0 spiro atoms. The van der Waals surface area contributed by atoms with E-state index in [0.717, 1.165) is 6.42 Å². The Hall–Kier alpha value is -1.88. The molecule has 2 aromatic rings. The molecule has 0 aliphatic carbocycles. The number of fused-ring (bicyclic) bond motifs is 1. The zero-order valence-electron chi connectivity index (χ0n) is 13.3. The van der Waals surface area contributed by atoms with Crippen molar-refractivity contribution in [3.63, 3.8) is 0 Å². The number of hydrogen-bond acceptors (Lipinski definition) is 4. The van der Waals surface area contributed by atoms with Gasteiger partial charge in [-0.15, -0.1) is 11.3 Å². The van der Waals surface area contributed by atoms with Crippen LogP contribution in [0.15, 0.2) is 29.6 Å². The fourth-order valence-corrected chi connectivity index (χ4v) is 3.35. The molecule has 0 saturated heterocycles. The molecular weight excluding hydrogens is 298 g/mol. The van der Waals surface area contributed by atoms with Crippen molar-refractivity contribution in [2.24, 2.45) is 0 Å². The summed E-state index contributed by atoms with van der Waals surface area (Å²) >= 11 is 1.71. The molecule has 0 radical (unpaired) electrons. The third kappa shape index (κ3) is 3.85. The van der Waals surface area contributed by atoms with Crippen LogP contribution in [0.4, 0.5) is 0 Å². The number of esters is 1. The molecule has 0 aliphatic heterocycles. The molecule has 1 atom stereocenters. The van der Waals surface area contributed by atoms with E-state index in [-0.39, 0.29) is 11.9 Å². The highest BCUT2D eigenvalue weighted by Gasteiger charge is 2.31. The van der Waals surface area contributed by atoms with Gasteiger partial charge in [0, 0.05) is 17.7 Å². The number of benzene rings is 1. The predicted molar refractivity (Wildman–Crippen MR) is 89.0 cm³/mol. The number of rotatable bonds is 5. The smallest absolute Gasteiger partial charge is 0.303 e. The Bertz CT molecular complexity index is 690. The molecule has 0 fully saturated rings. The van der Waals surface area contributed by atoms with Gasteiger partial charge in [-0.2, -0.15) is 0 Å². The molecule has 1 N–H and O–H groups in total. The van der Waals surface area contributed by atoms with E-state index in [9.17, 15) is 9.59 Å². The van der Waals surface area contributed by atoms with Crippen LogP contribution < -0.4 is 5.32 Å². The number of thiophene rings is 1. The average molecular weight is 319 g/mol. The molecule has 1 heterocycles. The van der Waals surface area contributed by atoms with E-state index in [1.807, 2.05) is 19.1 Å². The fourth-order valence-electron chi connectivity index (χ4n) is 2.38. The van der Waals surface area contributed by atoms with Gasteiger partial charge in [-0.05, 0) is 49.6 Å². The molecule has 22 heavy (non-hydrogen) atoms. The van der Waals surface area contributed by atoms with Crippen LogP contribution in [-0.4, -0.2) is 23.5 Å². The van der Waals surface area contributed by atoms with Crippen LogP contribution in [0.2, 0.25) is 0 Å². The van der Waals surface area contributed by atoms with E-state index in [1.54, 1.807) is 25.2 Å². The topological polar surface area (TPSA) is 55.4 Å². The van der Waals surface area contributed by atoms with Gasteiger partial charge in [0.05, 0.1) is 0 Å². The Morgan fingerprint density at radius 2 is 2.00 bits per heavy atom. The summed E-state index contributed by atoms with van der Waals surface area (Å²) in [4.78, 5) is 23.3. The average Bonchev–Trinajstić information content (AvgIpc) is 2.80.